The molecule has 0 unspecified atom stereocenters. The van der Waals surface area contributed by atoms with Crippen molar-refractivity contribution < 1.29 is 18.8 Å². The SMILES string of the molecule is O=C(NC(=O)[C@@H]1CCCN1CC(=O)c1cc2ccccc2o1)c1ccccc1. The first-order valence-corrected chi connectivity index (χ1v) is 9.28. The van der Waals surface area contributed by atoms with E-state index in [9.17, 15) is 14.4 Å². The number of ketones is 1. The van der Waals surface area contributed by atoms with Gasteiger partial charge in [-0.1, -0.05) is 36.4 Å². The largest absolute Gasteiger partial charge is 0.453 e. The minimum Gasteiger partial charge on any atom is -0.453 e. The van der Waals surface area contributed by atoms with Gasteiger partial charge in [-0.05, 0) is 43.7 Å². The first kappa shape index (κ1) is 18.1. The number of imide groups is 1. The summed E-state index contributed by atoms with van der Waals surface area (Å²) in [5, 5.41) is 3.32. The van der Waals surface area contributed by atoms with Crippen LogP contribution in [0.5, 0.6) is 0 Å². The molecule has 142 valence electrons. The Morgan fingerprint density at radius 1 is 1.04 bits per heavy atom. The number of para-hydroxylation sites is 1. The second kappa shape index (κ2) is 7.78. The Morgan fingerprint density at radius 2 is 1.79 bits per heavy atom. The van der Waals surface area contributed by atoms with Crippen LogP contribution in [0.15, 0.2) is 65.1 Å². The predicted octanol–water partition coefficient (Wildman–Crippen LogP) is 3.04. The lowest BCUT2D eigenvalue weighted by Gasteiger charge is -2.22. The summed E-state index contributed by atoms with van der Waals surface area (Å²) in [5.74, 6) is -0.692. The van der Waals surface area contributed by atoms with Gasteiger partial charge in [0.1, 0.15) is 5.58 Å². The first-order valence-electron chi connectivity index (χ1n) is 9.28. The lowest BCUT2D eigenvalue weighted by atomic mass is 10.1. The molecule has 1 saturated heterocycles. The van der Waals surface area contributed by atoms with Gasteiger partial charge in [-0.3, -0.25) is 24.6 Å². The molecule has 1 aromatic heterocycles. The molecule has 1 atom stereocenters. The highest BCUT2D eigenvalue weighted by Crippen LogP contribution is 2.22. The Bertz CT molecular complexity index is 992. The summed E-state index contributed by atoms with van der Waals surface area (Å²) in [6.07, 6.45) is 1.41. The fourth-order valence-electron chi connectivity index (χ4n) is 3.55. The normalized spacial score (nSPS) is 16.9. The molecule has 1 N–H and O–H groups in total. The number of hydrogen-bond donors (Lipinski definition) is 1. The number of hydrogen-bond acceptors (Lipinski definition) is 5. The number of fused-ring (bicyclic) bond motifs is 1. The lowest BCUT2D eigenvalue weighted by molar-refractivity contribution is -0.124. The maximum atomic E-state index is 12.6. The monoisotopic (exact) mass is 376 g/mol. The molecule has 4 rings (SSSR count). The smallest absolute Gasteiger partial charge is 0.257 e. The Kier molecular flexibility index (Phi) is 5.04. The van der Waals surface area contributed by atoms with Crippen LogP contribution in [0.4, 0.5) is 0 Å². The molecule has 2 aromatic carbocycles. The molecule has 0 bridgehead atoms. The summed E-state index contributed by atoms with van der Waals surface area (Å²) < 4.78 is 5.63. The maximum Gasteiger partial charge on any atom is 0.257 e. The standard InChI is InChI=1S/C22H20N2O4/c25-18(20-13-16-9-4-5-11-19(16)28-20)14-24-12-6-10-17(24)22(27)23-21(26)15-7-2-1-3-8-15/h1-5,7-9,11,13,17H,6,10,12,14H2,(H,23,26,27)/t17-/m0/s1. The zero-order valence-electron chi connectivity index (χ0n) is 15.3. The molecule has 1 aliphatic heterocycles. The number of likely N-dealkylation sites (tertiary alicyclic amines) is 1. The third-order valence-electron chi connectivity index (χ3n) is 4.99. The van der Waals surface area contributed by atoms with Crippen LogP contribution in [-0.4, -0.2) is 41.6 Å². The van der Waals surface area contributed by atoms with E-state index in [0.717, 1.165) is 11.8 Å². The average molecular weight is 376 g/mol. The van der Waals surface area contributed by atoms with E-state index in [-0.39, 0.29) is 24.0 Å². The van der Waals surface area contributed by atoms with Crippen LogP contribution >= 0.6 is 0 Å². The quantitative estimate of drug-likeness (QED) is 0.547. The summed E-state index contributed by atoms with van der Waals surface area (Å²) in [4.78, 5) is 39.3. The van der Waals surface area contributed by atoms with Gasteiger partial charge in [0, 0.05) is 10.9 Å². The summed E-state index contributed by atoms with van der Waals surface area (Å²) in [5.41, 5.74) is 1.09. The van der Waals surface area contributed by atoms with Crippen molar-refractivity contribution in [2.75, 3.05) is 13.1 Å². The highest BCUT2D eigenvalue weighted by Gasteiger charge is 2.33. The molecule has 1 aliphatic rings. The highest BCUT2D eigenvalue weighted by atomic mass is 16.3. The van der Waals surface area contributed by atoms with Crippen LogP contribution in [-0.2, 0) is 4.79 Å². The number of nitrogens with zero attached hydrogens (tertiary/aromatic N) is 1. The van der Waals surface area contributed by atoms with Crippen LogP contribution < -0.4 is 5.32 Å². The summed E-state index contributed by atoms with van der Waals surface area (Å²) in [7, 11) is 0. The number of benzene rings is 2. The third-order valence-corrected chi connectivity index (χ3v) is 4.99. The van der Waals surface area contributed by atoms with Crippen molar-refractivity contribution in [3.63, 3.8) is 0 Å². The van der Waals surface area contributed by atoms with E-state index in [0.29, 0.717) is 24.1 Å². The van der Waals surface area contributed by atoms with E-state index in [4.69, 9.17) is 4.42 Å². The molecule has 1 fully saturated rings. The van der Waals surface area contributed by atoms with Crippen LogP contribution in [0.2, 0.25) is 0 Å². The molecule has 0 spiro atoms. The zero-order valence-corrected chi connectivity index (χ0v) is 15.3. The van der Waals surface area contributed by atoms with Crippen molar-refractivity contribution >= 4 is 28.6 Å². The van der Waals surface area contributed by atoms with Crippen LogP contribution in [0.3, 0.4) is 0 Å². The van der Waals surface area contributed by atoms with Crippen molar-refractivity contribution in [3.05, 3.63) is 72.0 Å². The minimum atomic E-state index is -0.499. The van der Waals surface area contributed by atoms with Crippen LogP contribution in [0, 0.1) is 0 Å². The number of nitrogens with one attached hydrogen (secondary N) is 1. The van der Waals surface area contributed by atoms with E-state index in [2.05, 4.69) is 5.32 Å². The number of carbonyl (C=O) groups excluding carboxylic acids is 3. The van der Waals surface area contributed by atoms with Gasteiger partial charge in [0.2, 0.25) is 11.7 Å². The van der Waals surface area contributed by atoms with Crippen LogP contribution in [0.1, 0.15) is 33.8 Å². The lowest BCUT2D eigenvalue weighted by Crippen LogP contribution is -2.46. The molecule has 6 nitrogen and oxygen atoms in total. The number of furan rings is 1. The Morgan fingerprint density at radius 3 is 2.57 bits per heavy atom. The third kappa shape index (κ3) is 3.73. The molecule has 6 heteroatoms. The molecule has 0 aliphatic carbocycles. The molecule has 2 amide bonds. The van der Waals surface area contributed by atoms with Gasteiger partial charge >= 0.3 is 0 Å². The molecule has 0 saturated carbocycles. The fourth-order valence-corrected chi connectivity index (χ4v) is 3.55. The molecule has 0 radical (unpaired) electrons. The first-order chi connectivity index (χ1) is 13.6. The molecular formula is C22H20N2O4. The summed E-state index contributed by atoms with van der Waals surface area (Å²) in [6.45, 7) is 0.709. The molecule has 3 aromatic rings. The summed E-state index contributed by atoms with van der Waals surface area (Å²) >= 11 is 0. The van der Waals surface area contributed by atoms with Gasteiger partial charge in [0.25, 0.3) is 5.91 Å². The van der Waals surface area contributed by atoms with Gasteiger partial charge in [-0.2, -0.15) is 0 Å². The topological polar surface area (TPSA) is 79.6 Å². The Balaban J connectivity index is 1.42. The number of amides is 2. The Hall–Kier alpha value is -3.25. The average Bonchev–Trinajstić information content (AvgIpc) is 3.35. The van der Waals surface area contributed by atoms with Crippen molar-refractivity contribution in [2.45, 2.75) is 18.9 Å². The van der Waals surface area contributed by atoms with E-state index in [1.54, 1.807) is 36.4 Å². The zero-order chi connectivity index (χ0) is 19.5. The van der Waals surface area contributed by atoms with Crippen molar-refractivity contribution in [1.29, 1.82) is 0 Å². The predicted molar refractivity (Wildman–Crippen MR) is 104 cm³/mol. The van der Waals surface area contributed by atoms with Crippen molar-refractivity contribution in [2.24, 2.45) is 0 Å². The van der Waals surface area contributed by atoms with Gasteiger partial charge in [0.05, 0.1) is 12.6 Å². The van der Waals surface area contributed by atoms with Gasteiger partial charge in [-0.25, -0.2) is 0 Å². The second-order valence-electron chi connectivity index (χ2n) is 6.88. The molecule has 2 heterocycles. The number of carbonyl (C=O) groups is 3. The van der Waals surface area contributed by atoms with Gasteiger partial charge < -0.3 is 4.42 Å². The molecule has 28 heavy (non-hydrogen) atoms. The maximum absolute atomic E-state index is 12.6. The van der Waals surface area contributed by atoms with E-state index in [1.165, 1.54) is 0 Å². The highest BCUT2D eigenvalue weighted by molar-refractivity contribution is 6.06. The van der Waals surface area contributed by atoms with Gasteiger partial charge in [-0.15, -0.1) is 0 Å². The van der Waals surface area contributed by atoms with Gasteiger partial charge in [0.15, 0.2) is 5.76 Å². The van der Waals surface area contributed by atoms with E-state index in [1.807, 2.05) is 29.2 Å². The fraction of sp³-hybridized carbons (Fsp3) is 0.227. The van der Waals surface area contributed by atoms with Crippen molar-refractivity contribution in [3.8, 4) is 0 Å². The molecular weight excluding hydrogens is 356 g/mol. The number of Topliss-reactive ketones (excluding diaryl/α,β-unsaturated/α-hetero) is 1. The van der Waals surface area contributed by atoms with E-state index >= 15 is 0 Å². The van der Waals surface area contributed by atoms with Crippen LogP contribution in [0.25, 0.3) is 11.0 Å². The van der Waals surface area contributed by atoms with Crippen molar-refractivity contribution in [1.82, 2.24) is 10.2 Å². The summed E-state index contributed by atoms with van der Waals surface area (Å²) in [6, 6.07) is 17.3. The second-order valence-corrected chi connectivity index (χ2v) is 6.88. The minimum absolute atomic E-state index is 0.0808. The van der Waals surface area contributed by atoms with E-state index < -0.39 is 11.9 Å². The number of rotatable bonds is 5. The Labute approximate surface area is 162 Å².